The van der Waals surface area contributed by atoms with Crippen LogP contribution in [0.2, 0.25) is 5.02 Å². The topological polar surface area (TPSA) is 34.1 Å². The molecule has 0 saturated heterocycles. The Morgan fingerprint density at radius 3 is 2.62 bits per heavy atom. The Morgan fingerprint density at radius 1 is 1.07 bits per heavy atom. The Balaban J connectivity index is 1.59. The first-order valence-electron chi connectivity index (χ1n) is 9.35. The first kappa shape index (κ1) is 18.5. The Labute approximate surface area is 182 Å². The second-order valence-corrected chi connectivity index (χ2v) is 8.37. The van der Waals surface area contributed by atoms with E-state index in [1.54, 1.807) is 7.11 Å². The maximum Gasteiger partial charge on any atom is 0.215 e. The molecule has 4 nitrogen and oxygen atoms in total. The quantitative estimate of drug-likeness (QED) is 0.448. The lowest BCUT2D eigenvalue weighted by molar-refractivity contribution is -0.0190. The molecule has 2 aliphatic rings. The summed E-state index contributed by atoms with van der Waals surface area (Å²) in [5, 5.41) is 7.68. The average Bonchev–Trinajstić information content (AvgIpc) is 3.20. The predicted molar refractivity (Wildman–Crippen MR) is 118 cm³/mol. The van der Waals surface area contributed by atoms with Crippen molar-refractivity contribution in [1.82, 2.24) is 5.01 Å². The van der Waals surface area contributed by atoms with Crippen LogP contribution in [0.1, 0.15) is 35.4 Å². The summed E-state index contributed by atoms with van der Waals surface area (Å²) in [5.41, 5.74) is 4.13. The van der Waals surface area contributed by atoms with Gasteiger partial charge < -0.3 is 9.47 Å². The van der Waals surface area contributed by atoms with Crippen molar-refractivity contribution < 1.29 is 9.47 Å². The van der Waals surface area contributed by atoms with Crippen LogP contribution in [0, 0.1) is 0 Å². The van der Waals surface area contributed by atoms with Crippen LogP contribution in [0.25, 0.3) is 0 Å². The van der Waals surface area contributed by atoms with E-state index in [2.05, 4.69) is 22.0 Å². The van der Waals surface area contributed by atoms with E-state index in [9.17, 15) is 0 Å². The molecule has 146 valence electrons. The number of rotatable bonds is 3. The summed E-state index contributed by atoms with van der Waals surface area (Å²) in [7, 11) is 1.67. The Bertz CT molecular complexity index is 1100. The molecule has 0 amide bonds. The number of hydrazone groups is 1. The molecule has 0 N–H and O–H groups in total. The van der Waals surface area contributed by atoms with Gasteiger partial charge in [-0.1, -0.05) is 45.7 Å². The molecule has 3 aromatic carbocycles. The van der Waals surface area contributed by atoms with Crippen molar-refractivity contribution in [2.24, 2.45) is 5.10 Å². The van der Waals surface area contributed by atoms with Gasteiger partial charge in [0.25, 0.3) is 0 Å². The van der Waals surface area contributed by atoms with Crippen molar-refractivity contribution in [1.29, 1.82) is 0 Å². The maximum atomic E-state index is 6.51. The third-order valence-corrected chi connectivity index (χ3v) is 6.18. The molecule has 2 aliphatic heterocycles. The molecule has 2 atom stereocenters. The molecule has 6 heteroatoms. The standard InChI is InChI=1S/C23H18BrClN2O2/c1-28-16-9-6-14(7-10-16)20-13-21-18-12-15(24)8-11-22(18)29-23(27(21)26-20)17-4-2-3-5-19(17)25/h2-12,21,23H,13H2,1H3/t21-,23+/m0/s1. The smallest absolute Gasteiger partial charge is 0.215 e. The zero-order chi connectivity index (χ0) is 20.0. The molecule has 0 aliphatic carbocycles. The number of benzene rings is 3. The molecule has 0 unspecified atom stereocenters. The predicted octanol–water partition coefficient (Wildman–Crippen LogP) is 6.35. The number of methoxy groups -OCH3 is 1. The van der Waals surface area contributed by atoms with Gasteiger partial charge in [-0.25, -0.2) is 5.01 Å². The fourth-order valence-electron chi connectivity index (χ4n) is 3.90. The van der Waals surface area contributed by atoms with Crippen molar-refractivity contribution >= 4 is 33.2 Å². The van der Waals surface area contributed by atoms with Gasteiger partial charge >= 0.3 is 0 Å². The van der Waals surface area contributed by atoms with Crippen LogP contribution in [-0.4, -0.2) is 17.8 Å². The minimum Gasteiger partial charge on any atom is -0.497 e. The largest absolute Gasteiger partial charge is 0.497 e. The van der Waals surface area contributed by atoms with E-state index in [0.717, 1.165) is 44.8 Å². The summed E-state index contributed by atoms with van der Waals surface area (Å²) in [6.07, 6.45) is 0.415. The number of hydrogen-bond acceptors (Lipinski definition) is 4. The zero-order valence-electron chi connectivity index (χ0n) is 15.7. The second kappa shape index (κ2) is 7.39. The number of nitrogens with zero attached hydrogens (tertiary/aromatic N) is 2. The molecule has 3 aromatic rings. The molecule has 0 radical (unpaired) electrons. The van der Waals surface area contributed by atoms with Gasteiger partial charge in [0, 0.05) is 27.0 Å². The summed E-state index contributed by atoms with van der Waals surface area (Å²) < 4.78 is 12.7. The lowest BCUT2D eigenvalue weighted by Gasteiger charge is -2.38. The fraction of sp³-hybridized carbons (Fsp3) is 0.174. The van der Waals surface area contributed by atoms with Crippen molar-refractivity contribution in [2.75, 3.05) is 7.11 Å². The van der Waals surface area contributed by atoms with Crippen LogP contribution >= 0.6 is 27.5 Å². The molecule has 0 fully saturated rings. The third kappa shape index (κ3) is 3.28. The van der Waals surface area contributed by atoms with Crippen molar-refractivity contribution in [2.45, 2.75) is 18.7 Å². The van der Waals surface area contributed by atoms with Gasteiger partial charge in [-0.2, -0.15) is 5.10 Å². The van der Waals surface area contributed by atoms with Crippen LogP contribution in [0.4, 0.5) is 0 Å². The van der Waals surface area contributed by atoms with E-state index in [-0.39, 0.29) is 12.3 Å². The molecular weight excluding hydrogens is 452 g/mol. The third-order valence-electron chi connectivity index (χ3n) is 5.35. The first-order chi connectivity index (χ1) is 14.1. The molecule has 2 heterocycles. The Morgan fingerprint density at radius 2 is 1.86 bits per heavy atom. The lowest BCUT2D eigenvalue weighted by atomic mass is 9.96. The van der Waals surface area contributed by atoms with Crippen molar-refractivity contribution in [3.8, 4) is 11.5 Å². The maximum absolute atomic E-state index is 6.51. The van der Waals surface area contributed by atoms with E-state index in [1.165, 1.54) is 0 Å². The van der Waals surface area contributed by atoms with Gasteiger partial charge in [0.15, 0.2) is 0 Å². The lowest BCUT2D eigenvalue weighted by Crippen LogP contribution is -2.33. The highest BCUT2D eigenvalue weighted by atomic mass is 79.9. The van der Waals surface area contributed by atoms with Crippen LogP contribution in [0.5, 0.6) is 11.5 Å². The van der Waals surface area contributed by atoms with Gasteiger partial charge in [-0.15, -0.1) is 0 Å². The molecular formula is C23H18BrClN2O2. The van der Waals surface area contributed by atoms with Crippen LogP contribution in [-0.2, 0) is 0 Å². The minimum atomic E-state index is -0.377. The summed E-state index contributed by atoms with van der Waals surface area (Å²) >= 11 is 10.1. The summed E-state index contributed by atoms with van der Waals surface area (Å²) in [5.74, 6) is 1.70. The van der Waals surface area contributed by atoms with Crippen LogP contribution in [0.15, 0.2) is 76.3 Å². The van der Waals surface area contributed by atoms with Crippen molar-refractivity contribution in [3.63, 3.8) is 0 Å². The van der Waals surface area contributed by atoms with Crippen LogP contribution < -0.4 is 9.47 Å². The van der Waals surface area contributed by atoms with Gasteiger partial charge in [0.1, 0.15) is 11.5 Å². The summed E-state index contributed by atoms with van der Waals surface area (Å²) in [6.45, 7) is 0. The average molecular weight is 470 g/mol. The number of ether oxygens (including phenoxy) is 2. The highest BCUT2D eigenvalue weighted by molar-refractivity contribution is 9.10. The fourth-order valence-corrected chi connectivity index (χ4v) is 4.50. The second-order valence-electron chi connectivity index (χ2n) is 7.05. The zero-order valence-corrected chi connectivity index (χ0v) is 18.0. The van der Waals surface area contributed by atoms with E-state index < -0.39 is 0 Å². The highest BCUT2D eigenvalue weighted by Crippen LogP contribution is 2.49. The van der Waals surface area contributed by atoms with Gasteiger partial charge in [-0.05, 0) is 54.1 Å². The molecule has 29 heavy (non-hydrogen) atoms. The SMILES string of the molecule is COc1ccc(C2=NN3[C@@H](c4ccccc4Cl)Oc4ccc(Br)cc4[C@@H]3C2)cc1. The van der Waals surface area contributed by atoms with Gasteiger partial charge in [0.2, 0.25) is 6.23 Å². The Kier molecular flexibility index (Phi) is 4.72. The van der Waals surface area contributed by atoms with E-state index in [0.29, 0.717) is 5.02 Å². The number of halogens is 2. The molecule has 0 saturated carbocycles. The van der Waals surface area contributed by atoms with E-state index in [1.807, 2.05) is 65.7 Å². The summed E-state index contributed by atoms with van der Waals surface area (Å²) in [6, 6.07) is 22.0. The molecule has 0 spiro atoms. The number of fused-ring (bicyclic) bond motifs is 3. The van der Waals surface area contributed by atoms with Gasteiger partial charge in [0.05, 0.1) is 18.9 Å². The molecule has 0 bridgehead atoms. The number of hydrogen-bond donors (Lipinski definition) is 0. The highest BCUT2D eigenvalue weighted by Gasteiger charge is 2.41. The molecule has 0 aromatic heterocycles. The Hall–Kier alpha value is -2.50. The van der Waals surface area contributed by atoms with E-state index in [4.69, 9.17) is 26.2 Å². The minimum absolute atomic E-state index is 0.0784. The molecule has 5 rings (SSSR count). The monoisotopic (exact) mass is 468 g/mol. The first-order valence-corrected chi connectivity index (χ1v) is 10.5. The summed E-state index contributed by atoms with van der Waals surface area (Å²) in [4.78, 5) is 0. The van der Waals surface area contributed by atoms with E-state index >= 15 is 0 Å². The normalized spacial score (nSPS) is 19.8. The van der Waals surface area contributed by atoms with Gasteiger partial charge in [-0.3, -0.25) is 0 Å². The van der Waals surface area contributed by atoms with Crippen molar-refractivity contribution in [3.05, 3.63) is 92.9 Å². The van der Waals surface area contributed by atoms with Crippen LogP contribution in [0.3, 0.4) is 0 Å².